The van der Waals surface area contributed by atoms with Gasteiger partial charge in [0.2, 0.25) is 10.0 Å². The number of sulfonamides is 1. The standard InChI is InChI=1S/C11H13BrFNO2S/c1-2-3-4-7-14-17(15,16)11-6-5-9(12)8-10(11)13/h2-3,5-6,8,14H,4,7H2,1H3/b3-2+. The predicted octanol–water partition coefficient (Wildman–Crippen LogP) is 2.83. The molecule has 0 spiro atoms. The fourth-order valence-corrected chi connectivity index (χ4v) is 2.65. The van der Waals surface area contributed by atoms with Gasteiger partial charge in [0.15, 0.2) is 0 Å². The molecular formula is C11H13BrFNO2S. The highest BCUT2D eigenvalue weighted by Gasteiger charge is 2.18. The van der Waals surface area contributed by atoms with Crippen LogP contribution in [0.2, 0.25) is 0 Å². The Hall–Kier alpha value is -0.720. The third-order valence-electron chi connectivity index (χ3n) is 2.02. The first-order chi connectivity index (χ1) is 7.97. The van der Waals surface area contributed by atoms with Crippen molar-refractivity contribution in [1.82, 2.24) is 4.72 Å². The van der Waals surface area contributed by atoms with Crippen molar-refractivity contribution in [2.24, 2.45) is 0 Å². The first kappa shape index (κ1) is 14.3. The minimum Gasteiger partial charge on any atom is -0.211 e. The van der Waals surface area contributed by atoms with E-state index in [-0.39, 0.29) is 11.4 Å². The lowest BCUT2D eigenvalue weighted by molar-refractivity contribution is 0.557. The number of halogens is 2. The maximum absolute atomic E-state index is 13.5. The summed E-state index contributed by atoms with van der Waals surface area (Å²) in [6.45, 7) is 2.10. The highest BCUT2D eigenvalue weighted by molar-refractivity contribution is 9.10. The highest BCUT2D eigenvalue weighted by Crippen LogP contribution is 2.19. The fraction of sp³-hybridized carbons (Fsp3) is 0.273. The summed E-state index contributed by atoms with van der Waals surface area (Å²) in [5, 5.41) is 0. The summed E-state index contributed by atoms with van der Waals surface area (Å²) >= 11 is 3.07. The number of hydrogen-bond donors (Lipinski definition) is 1. The molecule has 0 aromatic heterocycles. The third-order valence-corrected chi connectivity index (χ3v) is 4.01. The molecule has 0 saturated heterocycles. The lowest BCUT2D eigenvalue weighted by Crippen LogP contribution is -2.25. The van der Waals surface area contributed by atoms with E-state index in [1.807, 2.05) is 19.1 Å². The van der Waals surface area contributed by atoms with E-state index in [9.17, 15) is 12.8 Å². The Morgan fingerprint density at radius 3 is 2.76 bits per heavy atom. The van der Waals surface area contributed by atoms with Crippen molar-refractivity contribution in [3.8, 4) is 0 Å². The summed E-state index contributed by atoms with van der Waals surface area (Å²) in [4.78, 5) is -0.332. The van der Waals surface area contributed by atoms with Gasteiger partial charge in [0.1, 0.15) is 10.7 Å². The van der Waals surface area contributed by atoms with E-state index in [0.29, 0.717) is 10.9 Å². The Kier molecular flexibility index (Phi) is 5.30. The second-order valence-corrected chi connectivity index (χ2v) is 5.98. The minimum atomic E-state index is -3.77. The van der Waals surface area contributed by atoms with Gasteiger partial charge in [-0.3, -0.25) is 0 Å². The van der Waals surface area contributed by atoms with Gasteiger partial charge in [-0.15, -0.1) is 0 Å². The first-order valence-electron chi connectivity index (χ1n) is 5.03. The van der Waals surface area contributed by atoms with Crippen molar-refractivity contribution in [1.29, 1.82) is 0 Å². The van der Waals surface area contributed by atoms with Crippen molar-refractivity contribution in [3.05, 3.63) is 40.6 Å². The van der Waals surface area contributed by atoms with E-state index in [0.717, 1.165) is 6.07 Å². The topological polar surface area (TPSA) is 46.2 Å². The molecule has 0 aliphatic heterocycles. The van der Waals surface area contributed by atoms with Crippen LogP contribution in [0.3, 0.4) is 0 Å². The summed E-state index contributed by atoms with van der Waals surface area (Å²) in [7, 11) is -3.77. The van der Waals surface area contributed by atoms with Gasteiger partial charge in [-0.1, -0.05) is 28.1 Å². The van der Waals surface area contributed by atoms with Crippen molar-refractivity contribution in [2.45, 2.75) is 18.2 Å². The van der Waals surface area contributed by atoms with Gasteiger partial charge in [-0.25, -0.2) is 17.5 Å². The highest BCUT2D eigenvalue weighted by atomic mass is 79.9. The summed E-state index contributed by atoms with van der Waals surface area (Å²) in [5.41, 5.74) is 0. The maximum Gasteiger partial charge on any atom is 0.243 e. The molecule has 6 heteroatoms. The Labute approximate surface area is 109 Å². The largest absolute Gasteiger partial charge is 0.243 e. The maximum atomic E-state index is 13.5. The zero-order valence-corrected chi connectivity index (χ0v) is 11.7. The molecule has 0 saturated carbocycles. The summed E-state index contributed by atoms with van der Waals surface area (Å²) in [6, 6.07) is 3.85. The van der Waals surface area contributed by atoms with Crippen LogP contribution in [0.25, 0.3) is 0 Å². The van der Waals surface area contributed by atoms with Crippen LogP contribution >= 0.6 is 15.9 Å². The van der Waals surface area contributed by atoms with Crippen LogP contribution in [0.1, 0.15) is 13.3 Å². The number of benzene rings is 1. The molecule has 1 rings (SSSR count). The van der Waals surface area contributed by atoms with Gasteiger partial charge in [-0.05, 0) is 31.5 Å². The number of hydrogen-bond acceptors (Lipinski definition) is 2. The molecule has 94 valence electrons. The van der Waals surface area contributed by atoms with E-state index in [4.69, 9.17) is 0 Å². The number of allylic oxidation sites excluding steroid dienone is 1. The van der Waals surface area contributed by atoms with Gasteiger partial charge < -0.3 is 0 Å². The normalized spacial score (nSPS) is 12.2. The van der Waals surface area contributed by atoms with Gasteiger partial charge >= 0.3 is 0 Å². The smallest absolute Gasteiger partial charge is 0.211 e. The molecule has 3 nitrogen and oxygen atoms in total. The lowest BCUT2D eigenvalue weighted by atomic mass is 10.3. The molecule has 0 aliphatic rings. The molecular weight excluding hydrogens is 309 g/mol. The van der Waals surface area contributed by atoms with Gasteiger partial charge in [0.25, 0.3) is 0 Å². The van der Waals surface area contributed by atoms with Crippen LogP contribution in [-0.2, 0) is 10.0 Å². The zero-order valence-electron chi connectivity index (χ0n) is 9.28. The second-order valence-electron chi connectivity index (χ2n) is 3.33. The summed E-state index contributed by atoms with van der Waals surface area (Å²) in [6.07, 6.45) is 4.24. The average molecular weight is 322 g/mol. The minimum absolute atomic E-state index is 0.252. The second kappa shape index (κ2) is 6.28. The van der Waals surface area contributed by atoms with E-state index < -0.39 is 15.8 Å². The first-order valence-corrected chi connectivity index (χ1v) is 7.31. The molecule has 17 heavy (non-hydrogen) atoms. The monoisotopic (exact) mass is 321 g/mol. The van der Waals surface area contributed by atoms with E-state index >= 15 is 0 Å². The Bertz CT molecular complexity index is 514. The molecule has 0 atom stereocenters. The number of nitrogens with one attached hydrogen (secondary N) is 1. The Morgan fingerprint density at radius 1 is 1.47 bits per heavy atom. The molecule has 1 aromatic rings. The molecule has 0 aliphatic carbocycles. The van der Waals surface area contributed by atoms with Crippen molar-refractivity contribution >= 4 is 26.0 Å². The lowest BCUT2D eigenvalue weighted by Gasteiger charge is -2.06. The SMILES string of the molecule is C/C=C/CCNS(=O)(=O)c1ccc(Br)cc1F. The summed E-state index contributed by atoms with van der Waals surface area (Å²) in [5.74, 6) is -0.766. The van der Waals surface area contributed by atoms with E-state index in [2.05, 4.69) is 20.7 Å². The van der Waals surface area contributed by atoms with E-state index in [1.165, 1.54) is 12.1 Å². The molecule has 0 bridgehead atoms. The van der Waals surface area contributed by atoms with Crippen LogP contribution in [0, 0.1) is 5.82 Å². The van der Waals surface area contributed by atoms with Crippen LogP contribution in [0.15, 0.2) is 39.7 Å². The van der Waals surface area contributed by atoms with E-state index in [1.54, 1.807) is 0 Å². The Balaban J connectivity index is 2.82. The van der Waals surface area contributed by atoms with Crippen molar-refractivity contribution < 1.29 is 12.8 Å². The van der Waals surface area contributed by atoms with Gasteiger partial charge in [-0.2, -0.15) is 0 Å². The van der Waals surface area contributed by atoms with Crippen LogP contribution < -0.4 is 4.72 Å². The molecule has 0 amide bonds. The fourth-order valence-electron chi connectivity index (χ4n) is 1.21. The molecule has 0 heterocycles. The van der Waals surface area contributed by atoms with Crippen molar-refractivity contribution in [2.75, 3.05) is 6.54 Å². The van der Waals surface area contributed by atoms with Crippen LogP contribution in [0.4, 0.5) is 4.39 Å². The Morgan fingerprint density at radius 2 is 2.18 bits per heavy atom. The molecule has 0 radical (unpaired) electrons. The summed E-state index contributed by atoms with van der Waals surface area (Å²) < 4.78 is 39.8. The molecule has 0 fully saturated rings. The average Bonchev–Trinajstić information content (AvgIpc) is 2.24. The van der Waals surface area contributed by atoms with Gasteiger partial charge in [0, 0.05) is 11.0 Å². The van der Waals surface area contributed by atoms with Gasteiger partial charge in [0.05, 0.1) is 0 Å². The zero-order chi connectivity index (χ0) is 12.9. The molecule has 1 aromatic carbocycles. The van der Waals surface area contributed by atoms with Crippen LogP contribution in [-0.4, -0.2) is 15.0 Å². The third kappa shape index (κ3) is 4.22. The molecule has 0 unspecified atom stereocenters. The molecule has 1 N–H and O–H groups in total. The van der Waals surface area contributed by atoms with Crippen LogP contribution in [0.5, 0.6) is 0 Å². The quantitative estimate of drug-likeness (QED) is 0.669. The number of rotatable bonds is 5. The van der Waals surface area contributed by atoms with Crippen molar-refractivity contribution in [3.63, 3.8) is 0 Å². The predicted molar refractivity (Wildman–Crippen MR) is 68.7 cm³/mol.